The van der Waals surface area contributed by atoms with Crippen LogP contribution in [0.4, 0.5) is 5.82 Å². The van der Waals surface area contributed by atoms with Crippen molar-refractivity contribution in [3.8, 4) is 5.75 Å². The summed E-state index contributed by atoms with van der Waals surface area (Å²) in [4.78, 5) is 15.3. The Morgan fingerprint density at radius 2 is 2.05 bits per heavy atom. The number of ether oxygens (including phenoxy) is 1. The summed E-state index contributed by atoms with van der Waals surface area (Å²) in [6.07, 6.45) is 2.79. The van der Waals surface area contributed by atoms with Crippen LogP contribution in [0.5, 0.6) is 5.75 Å². The van der Waals surface area contributed by atoms with Crippen LogP contribution in [-0.2, 0) is 6.61 Å². The third kappa shape index (κ3) is 4.21. The number of nitrogens with one attached hydrogen (secondary N) is 1. The highest BCUT2D eigenvalue weighted by Gasteiger charge is 2.04. The van der Waals surface area contributed by atoms with Gasteiger partial charge in [-0.1, -0.05) is 13.0 Å². The van der Waals surface area contributed by atoms with Gasteiger partial charge in [0, 0.05) is 23.9 Å². The van der Waals surface area contributed by atoms with Gasteiger partial charge in [0.15, 0.2) is 0 Å². The summed E-state index contributed by atoms with van der Waals surface area (Å²) < 4.78 is 5.72. The Balaban J connectivity index is 2.00. The molecule has 1 heterocycles. The van der Waals surface area contributed by atoms with E-state index in [-0.39, 0.29) is 0 Å². The first-order chi connectivity index (χ1) is 10.2. The number of rotatable bonds is 7. The summed E-state index contributed by atoms with van der Waals surface area (Å²) in [5.41, 5.74) is 6.66. The Kier molecular flexibility index (Phi) is 5.15. The molecule has 0 saturated carbocycles. The van der Waals surface area contributed by atoms with Gasteiger partial charge >= 0.3 is 0 Å². The monoisotopic (exact) mass is 285 g/mol. The molecule has 1 aromatic heterocycles. The van der Waals surface area contributed by atoms with Gasteiger partial charge in [-0.15, -0.1) is 0 Å². The van der Waals surface area contributed by atoms with E-state index in [0.717, 1.165) is 24.3 Å². The van der Waals surface area contributed by atoms with Crippen molar-refractivity contribution in [3.63, 3.8) is 0 Å². The maximum Gasteiger partial charge on any atom is 0.248 e. The molecule has 0 spiro atoms. The largest absolute Gasteiger partial charge is 0.489 e. The average Bonchev–Trinajstić information content (AvgIpc) is 2.52. The van der Waals surface area contributed by atoms with E-state index in [4.69, 9.17) is 10.5 Å². The molecule has 0 aliphatic heterocycles. The van der Waals surface area contributed by atoms with Crippen molar-refractivity contribution in [2.45, 2.75) is 20.0 Å². The smallest absolute Gasteiger partial charge is 0.248 e. The first-order valence-electron chi connectivity index (χ1n) is 6.91. The van der Waals surface area contributed by atoms with E-state index in [1.165, 1.54) is 0 Å². The molecule has 0 fully saturated rings. The number of hydrogen-bond donors (Lipinski definition) is 2. The summed E-state index contributed by atoms with van der Waals surface area (Å²) in [5, 5.41) is 3.27. The van der Waals surface area contributed by atoms with Crippen LogP contribution in [0.3, 0.4) is 0 Å². The molecule has 0 bridgehead atoms. The predicted octanol–water partition coefficient (Wildman–Crippen LogP) is 2.58. The van der Waals surface area contributed by atoms with Gasteiger partial charge in [-0.2, -0.15) is 0 Å². The zero-order chi connectivity index (χ0) is 15.1. The second kappa shape index (κ2) is 7.28. The van der Waals surface area contributed by atoms with Gasteiger partial charge in [0.1, 0.15) is 18.2 Å². The minimum atomic E-state index is -0.445. The summed E-state index contributed by atoms with van der Waals surface area (Å²) in [7, 11) is 0. The van der Waals surface area contributed by atoms with Gasteiger partial charge in [0.2, 0.25) is 5.91 Å². The van der Waals surface area contributed by atoms with Gasteiger partial charge in [0.25, 0.3) is 0 Å². The molecule has 0 aliphatic carbocycles. The highest BCUT2D eigenvalue weighted by molar-refractivity contribution is 5.92. The summed E-state index contributed by atoms with van der Waals surface area (Å²) in [6, 6.07) is 10.6. The molecule has 110 valence electrons. The third-order valence-electron chi connectivity index (χ3n) is 2.97. The second-order valence-electron chi connectivity index (χ2n) is 4.62. The SMILES string of the molecule is CCCNc1ncccc1COc1ccc(C(N)=O)cc1. The summed E-state index contributed by atoms with van der Waals surface area (Å²) in [6.45, 7) is 3.39. The lowest BCUT2D eigenvalue weighted by Crippen LogP contribution is -2.10. The van der Waals surface area contributed by atoms with Crippen LogP contribution in [-0.4, -0.2) is 17.4 Å². The Hall–Kier alpha value is -2.56. The van der Waals surface area contributed by atoms with E-state index in [1.54, 1.807) is 30.5 Å². The van der Waals surface area contributed by atoms with E-state index >= 15 is 0 Å². The molecule has 1 amide bonds. The van der Waals surface area contributed by atoms with Crippen molar-refractivity contribution in [3.05, 3.63) is 53.7 Å². The molecule has 5 nitrogen and oxygen atoms in total. The molecule has 0 aliphatic rings. The average molecular weight is 285 g/mol. The fourth-order valence-electron chi connectivity index (χ4n) is 1.83. The van der Waals surface area contributed by atoms with Crippen LogP contribution in [0.15, 0.2) is 42.6 Å². The van der Waals surface area contributed by atoms with Gasteiger partial charge in [-0.25, -0.2) is 4.98 Å². The van der Waals surface area contributed by atoms with Crippen LogP contribution in [0, 0.1) is 0 Å². The second-order valence-corrected chi connectivity index (χ2v) is 4.62. The zero-order valence-corrected chi connectivity index (χ0v) is 12.0. The third-order valence-corrected chi connectivity index (χ3v) is 2.97. The number of anilines is 1. The Morgan fingerprint density at radius 3 is 2.71 bits per heavy atom. The van der Waals surface area contributed by atoms with Crippen LogP contribution < -0.4 is 15.8 Å². The zero-order valence-electron chi connectivity index (χ0n) is 12.0. The Bertz CT molecular complexity index is 597. The van der Waals surface area contributed by atoms with E-state index in [1.807, 2.05) is 12.1 Å². The van der Waals surface area contributed by atoms with Gasteiger partial charge in [-0.3, -0.25) is 4.79 Å². The highest BCUT2D eigenvalue weighted by atomic mass is 16.5. The minimum Gasteiger partial charge on any atom is -0.489 e. The Labute approximate surface area is 124 Å². The molecule has 5 heteroatoms. The highest BCUT2D eigenvalue weighted by Crippen LogP contribution is 2.17. The lowest BCUT2D eigenvalue weighted by Gasteiger charge is -2.11. The number of amides is 1. The van der Waals surface area contributed by atoms with Crippen LogP contribution in [0.25, 0.3) is 0 Å². The molecular weight excluding hydrogens is 266 g/mol. The van der Waals surface area contributed by atoms with E-state index < -0.39 is 5.91 Å². The number of aromatic nitrogens is 1. The van der Waals surface area contributed by atoms with Crippen molar-refractivity contribution in [2.24, 2.45) is 5.73 Å². The minimum absolute atomic E-state index is 0.413. The molecule has 1 aromatic carbocycles. The van der Waals surface area contributed by atoms with Crippen molar-refractivity contribution < 1.29 is 9.53 Å². The number of hydrogen-bond acceptors (Lipinski definition) is 4. The molecule has 0 radical (unpaired) electrons. The molecule has 0 unspecified atom stereocenters. The molecule has 2 rings (SSSR count). The van der Waals surface area contributed by atoms with Gasteiger partial charge in [0.05, 0.1) is 0 Å². The first-order valence-corrected chi connectivity index (χ1v) is 6.91. The van der Waals surface area contributed by atoms with E-state index in [9.17, 15) is 4.79 Å². The van der Waals surface area contributed by atoms with Gasteiger partial charge in [-0.05, 0) is 36.8 Å². The normalized spacial score (nSPS) is 10.1. The van der Waals surface area contributed by atoms with Crippen LogP contribution >= 0.6 is 0 Å². The molecule has 3 N–H and O–H groups in total. The quantitative estimate of drug-likeness (QED) is 0.819. The van der Waals surface area contributed by atoms with Crippen molar-refractivity contribution >= 4 is 11.7 Å². The number of carbonyl (C=O) groups is 1. The lowest BCUT2D eigenvalue weighted by atomic mass is 10.2. The number of nitrogens with two attached hydrogens (primary N) is 1. The standard InChI is InChI=1S/C16H19N3O2/c1-2-9-18-16-13(4-3-10-19-16)11-21-14-7-5-12(6-8-14)15(17)20/h3-8,10H,2,9,11H2,1H3,(H2,17,20)(H,18,19). The molecule has 21 heavy (non-hydrogen) atoms. The molecule has 0 saturated heterocycles. The van der Waals surface area contributed by atoms with E-state index in [2.05, 4.69) is 17.2 Å². The van der Waals surface area contributed by atoms with Crippen LogP contribution in [0.1, 0.15) is 29.3 Å². The predicted molar refractivity (Wildman–Crippen MR) is 82.3 cm³/mol. The number of benzene rings is 1. The van der Waals surface area contributed by atoms with Gasteiger partial charge < -0.3 is 15.8 Å². The lowest BCUT2D eigenvalue weighted by molar-refractivity contribution is 0.100. The number of nitrogens with zero attached hydrogens (tertiary/aromatic N) is 1. The van der Waals surface area contributed by atoms with E-state index in [0.29, 0.717) is 17.9 Å². The fraction of sp³-hybridized carbons (Fsp3) is 0.250. The van der Waals surface area contributed by atoms with Crippen LogP contribution in [0.2, 0.25) is 0 Å². The first kappa shape index (κ1) is 14.8. The summed E-state index contributed by atoms with van der Waals surface area (Å²) in [5.74, 6) is 1.08. The molecular formula is C16H19N3O2. The van der Waals surface area contributed by atoms with Crippen molar-refractivity contribution in [1.29, 1.82) is 0 Å². The fourth-order valence-corrected chi connectivity index (χ4v) is 1.83. The number of carbonyl (C=O) groups excluding carboxylic acids is 1. The maximum absolute atomic E-state index is 11.0. The number of pyridine rings is 1. The van der Waals surface area contributed by atoms with Crippen molar-refractivity contribution in [2.75, 3.05) is 11.9 Å². The maximum atomic E-state index is 11.0. The Morgan fingerprint density at radius 1 is 1.29 bits per heavy atom. The molecule has 2 aromatic rings. The van der Waals surface area contributed by atoms with Crippen molar-refractivity contribution in [1.82, 2.24) is 4.98 Å². The molecule has 0 atom stereocenters. The number of primary amides is 1. The topological polar surface area (TPSA) is 77.2 Å². The summed E-state index contributed by atoms with van der Waals surface area (Å²) >= 11 is 0.